The maximum absolute atomic E-state index is 11.1. The predicted octanol–water partition coefficient (Wildman–Crippen LogP) is 5.13. The van der Waals surface area contributed by atoms with Crippen molar-refractivity contribution in [3.05, 3.63) is 53.1 Å². The van der Waals surface area contributed by atoms with Gasteiger partial charge in [0.1, 0.15) is 0 Å². The third-order valence-corrected chi connectivity index (χ3v) is 4.01. The minimum absolute atomic E-state index is 0.0230. The first-order valence-electron chi connectivity index (χ1n) is 7.27. The van der Waals surface area contributed by atoms with Gasteiger partial charge in [0.15, 0.2) is 5.69 Å². The standard InChI is InChI=1S/C17H14ClN3O3/c1-2-21-14-6-4-3-5-11(14)15(16(21)22)20-19-10-7-8-13(18)12(9-10)17(23)24/h3-9,22H,2H2,1H3,(H,23,24). The van der Waals surface area contributed by atoms with E-state index in [1.165, 1.54) is 12.1 Å². The number of aromatic carboxylic acids is 1. The van der Waals surface area contributed by atoms with Gasteiger partial charge in [0.05, 0.1) is 21.8 Å². The van der Waals surface area contributed by atoms with E-state index in [1.807, 2.05) is 31.2 Å². The maximum atomic E-state index is 11.1. The second kappa shape index (κ2) is 6.33. The molecule has 24 heavy (non-hydrogen) atoms. The van der Waals surface area contributed by atoms with E-state index in [-0.39, 0.29) is 16.5 Å². The van der Waals surface area contributed by atoms with Crippen LogP contribution in [0.1, 0.15) is 17.3 Å². The third kappa shape index (κ3) is 2.72. The van der Waals surface area contributed by atoms with Gasteiger partial charge in [0.25, 0.3) is 0 Å². The Labute approximate surface area is 142 Å². The van der Waals surface area contributed by atoms with Crippen LogP contribution in [0.5, 0.6) is 5.88 Å². The number of rotatable bonds is 4. The second-order valence-electron chi connectivity index (χ2n) is 5.10. The van der Waals surface area contributed by atoms with Crippen LogP contribution in [0, 0.1) is 0 Å². The molecule has 6 nitrogen and oxygen atoms in total. The van der Waals surface area contributed by atoms with E-state index in [2.05, 4.69) is 10.2 Å². The van der Waals surface area contributed by atoms with Crippen LogP contribution in [-0.4, -0.2) is 20.7 Å². The van der Waals surface area contributed by atoms with Gasteiger partial charge in [-0.25, -0.2) is 4.79 Å². The fourth-order valence-electron chi connectivity index (χ4n) is 2.54. The zero-order chi connectivity index (χ0) is 17.3. The summed E-state index contributed by atoms with van der Waals surface area (Å²) in [5.41, 5.74) is 1.49. The molecule has 0 fully saturated rings. The number of benzene rings is 2. The highest BCUT2D eigenvalue weighted by Crippen LogP contribution is 2.39. The van der Waals surface area contributed by atoms with Gasteiger partial charge in [-0.3, -0.25) is 0 Å². The molecule has 7 heteroatoms. The highest BCUT2D eigenvalue weighted by Gasteiger charge is 2.15. The van der Waals surface area contributed by atoms with E-state index < -0.39 is 5.97 Å². The molecule has 0 saturated carbocycles. The lowest BCUT2D eigenvalue weighted by Gasteiger charge is -2.01. The SMILES string of the molecule is CCn1c(O)c(N=Nc2ccc(Cl)c(C(=O)O)c2)c2ccccc21. The molecule has 0 radical (unpaired) electrons. The lowest BCUT2D eigenvalue weighted by Crippen LogP contribution is -1.96. The molecule has 3 aromatic rings. The molecule has 0 saturated heterocycles. The number of aryl methyl sites for hydroxylation is 1. The Balaban J connectivity index is 2.07. The molecular weight excluding hydrogens is 330 g/mol. The molecular formula is C17H14ClN3O3. The fraction of sp³-hybridized carbons (Fsp3) is 0.118. The molecule has 0 amide bonds. The van der Waals surface area contributed by atoms with Crippen LogP contribution in [0.2, 0.25) is 5.02 Å². The van der Waals surface area contributed by atoms with Gasteiger partial charge < -0.3 is 14.8 Å². The van der Waals surface area contributed by atoms with Gasteiger partial charge in [0.2, 0.25) is 5.88 Å². The summed E-state index contributed by atoms with van der Waals surface area (Å²) in [6, 6.07) is 11.8. The van der Waals surface area contributed by atoms with E-state index in [0.717, 1.165) is 10.9 Å². The Morgan fingerprint density at radius 3 is 2.67 bits per heavy atom. The van der Waals surface area contributed by atoms with Crippen LogP contribution < -0.4 is 0 Å². The molecule has 3 rings (SSSR count). The van der Waals surface area contributed by atoms with Crippen LogP contribution in [0.25, 0.3) is 10.9 Å². The summed E-state index contributed by atoms with van der Waals surface area (Å²) in [5.74, 6) is -1.11. The molecule has 2 aromatic carbocycles. The molecule has 0 unspecified atom stereocenters. The van der Waals surface area contributed by atoms with Crippen molar-refractivity contribution in [1.29, 1.82) is 0 Å². The average Bonchev–Trinajstić information content (AvgIpc) is 2.85. The average molecular weight is 344 g/mol. The van der Waals surface area contributed by atoms with E-state index in [9.17, 15) is 9.90 Å². The summed E-state index contributed by atoms with van der Waals surface area (Å²) in [7, 11) is 0. The van der Waals surface area contributed by atoms with E-state index in [0.29, 0.717) is 17.9 Å². The summed E-state index contributed by atoms with van der Waals surface area (Å²) >= 11 is 5.84. The van der Waals surface area contributed by atoms with Crippen LogP contribution in [0.3, 0.4) is 0 Å². The number of aromatic nitrogens is 1. The monoisotopic (exact) mass is 343 g/mol. The number of para-hydroxylation sites is 1. The van der Waals surface area contributed by atoms with Gasteiger partial charge in [-0.1, -0.05) is 29.8 Å². The molecule has 0 aliphatic rings. The number of carboxylic acids is 1. The van der Waals surface area contributed by atoms with Crippen molar-refractivity contribution < 1.29 is 15.0 Å². The summed E-state index contributed by atoms with van der Waals surface area (Å²) in [5, 5.41) is 28.5. The van der Waals surface area contributed by atoms with Crippen molar-refractivity contribution >= 4 is 39.8 Å². The molecule has 0 bridgehead atoms. The molecule has 0 aliphatic heterocycles. The fourth-order valence-corrected chi connectivity index (χ4v) is 2.74. The first-order valence-corrected chi connectivity index (χ1v) is 7.65. The number of carboxylic acid groups (broad SMARTS) is 1. The van der Waals surface area contributed by atoms with E-state index in [1.54, 1.807) is 10.6 Å². The van der Waals surface area contributed by atoms with Crippen molar-refractivity contribution in [1.82, 2.24) is 4.57 Å². The minimum Gasteiger partial charge on any atom is -0.493 e. The van der Waals surface area contributed by atoms with Crippen molar-refractivity contribution in [2.45, 2.75) is 13.5 Å². The quantitative estimate of drug-likeness (QED) is 0.643. The van der Waals surface area contributed by atoms with Crippen molar-refractivity contribution in [2.75, 3.05) is 0 Å². The molecule has 0 atom stereocenters. The smallest absolute Gasteiger partial charge is 0.337 e. The first-order chi connectivity index (χ1) is 11.5. The van der Waals surface area contributed by atoms with Crippen LogP contribution >= 0.6 is 11.6 Å². The Morgan fingerprint density at radius 1 is 1.21 bits per heavy atom. The van der Waals surface area contributed by atoms with Gasteiger partial charge in [-0.15, -0.1) is 5.11 Å². The first kappa shape index (κ1) is 16.0. The number of hydrogen-bond donors (Lipinski definition) is 2. The Kier molecular flexibility index (Phi) is 4.22. The zero-order valence-corrected chi connectivity index (χ0v) is 13.5. The van der Waals surface area contributed by atoms with Crippen LogP contribution in [0.15, 0.2) is 52.7 Å². The third-order valence-electron chi connectivity index (χ3n) is 3.68. The number of nitrogens with zero attached hydrogens (tertiary/aromatic N) is 3. The van der Waals surface area contributed by atoms with Crippen molar-refractivity contribution in [3.63, 3.8) is 0 Å². The number of azo groups is 1. The highest BCUT2D eigenvalue weighted by atomic mass is 35.5. The maximum Gasteiger partial charge on any atom is 0.337 e. The second-order valence-corrected chi connectivity index (χ2v) is 5.51. The lowest BCUT2D eigenvalue weighted by atomic mass is 10.2. The molecule has 1 heterocycles. The van der Waals surface area contributed by atoms with Gasteiger partial charge in [0, 0.05) is 11.9 Å². The Hall–Kier alpha value is -2.86. The summed E-state index contributed by atoms with van der Waals surface area (Å²) < 4.78 is 1.73. The zero-order valence-electron chi connectivity index (χ0n) is 12.8. The largest absolute Gasteiger partial charge is 0.493 e. The minimum atomic E-state index is -1.14. The predicted molar refractivity (Wildman–Crippen MR) is 91.9 cm³/mol. The van der Waals surface area contributed by atoms with Crippen LogP contribution in [0.4, 0.5) is 11.4 Å². The number of aromatic hydroxyl groups is 1. The number of fused-ring (bicyclic) bond motifs is 1. The van der Waals surface area contributed by atoms with Crippen molar-refractivity contribution in [2.24, 2.45) is 10.2 Å². The molecule has 0 spiro atoms. The van der Waals surface area contributed by atoms with E-state index in [4.69, 9.17) is 16.7 Å². The normalized spacial score (nSPS) is 11.4. The van der Waals surface area contributed by atoms with Gasteiger partial charge in [-0.2, -0.15) is 5.11 Å². The van der Waals surface area contributed by atoms with E-state index >= 15 is 0 Å². The Morgan fingerprint density at radius 2 is 1.96 bits per heavy atom. The van der Waals surface area contributed by atoms with Crippen molar-refractivity contribution in [3.8, 4) is 5.88 Å². The summed E-state index contributed by atoms with van der Waals surface area (Å²) in [6.45, 7) is 2.51. The van der Waals surface area contributed by atoms with Gasteiger partial charge in [-0.05, 0) is 31.2 Å². The molecule has 2 N–H and O–H groups in total. The number of hydrogen-bond acceptors (Lipinski definition) is 4. The van der Waals surface area contributed by atoms with Crippen LogP contribution in [-0.2, 0) is 6.54 Å². The molecule has 0 aliphatic carbocycles. The molecule has 122 valence electrons. The molecule has 1 aromatic heterocycles. The summed E-state index contributed by atoms with van der Waals surface area (Å²) in [4.78, 5) is 11.1. The topological polar surface area (TPSA) is 87.2 Å². The summed E-state index contributed by atoms with van der Waals surface area (Å²) in [6.07, 6.45) is 0. The Bertz CT molecular complexity index is 963. The number of carbonyl (C=O) groups is 1. The number of halogens is 1. The van der Waals surface area contributed by atoms with Gasteiger partial charge >= 0.3 is 5.97 Å². The lowest BCUT2D eigenvalue weighted by molar-refractivity contribution is 0.0697. The highest BCUT2D eigenvalue weighted by molar-refractivity contribution is 6.33.